The molecule has 0 saturated carbocycles. The van der Waals surface area contributed by atoms with E-state index in [0.29, 0.717) is 32.7 Å². The first kappa shape index (κ1) is 27.2. The Kier molecular flexibility index (Phi) is 7.89. The first-order chi connectivity index (χ1) is 20.0. The fraction of sp³-hybridized carbons (Fsp3) is 0.406. The van der Waals surface area contributed by atoms with Crippen molar-refractivity contribution in [3.8, 4) is 28.4 Å². The third kappa shape index (κ3) is 5.78. The Morgan fingerprint density at radius 1 is 1.07 bits per heavy atom. The van der Waals surface area contributed by atoms with Gasteiger partial charge in [-0.15, -0.1) is 0 Å². The summed E-state index contributed by atoms with van der Waals surface area (Å²) in [6.45, 7) is 6.42. The van der Waals surface area contributed by atoms with Gasteiger partial charge in [-0.25, -0.2) is 4.68 Å². The topological polar surface area (TPSA) is 83.6 Å². The Morgan fingerprint density at radius 3 is 2.63 bits per heavy atom. The second-order valence-electron chi connectivity index (χ2n) is 11.0. The lowest BCUT2D eigenvalue weighted by atomic mass is 9.84. The minimum atomic E-state index is 0.188. The molecule has 1 fully saturated rings. The number of hydrogen-bond donors (Lipinski definition) is 0. The number of ketones is 1. The molecule has 6 rings (SSSR count). The Balaban J connectivity index is 1.27. The van der Waals surface area contributed by atoms with E-state index >= 15 is 0 Å². The molecule has 214 valence electrons. The van der Waals surface area contributed by atoms with Gasteiger partial charge < -0.3 is 19.1 Å². The molecule has 9 heteroatoms. The summed E-state index contributed by atoms with van der Waals surface area (Å²) in [5.74, 6) is 2.20. The standard InChI is InChI=1S/C32H37N5O4/c1-22-29(37(26-7-5-4-6-8-26)34-32(22)25-18-33-35(2)19-25)17-27(38)15-24-20-36(11-12-39-3)21-28(24)23-9-10-30-31(16-23)41-14-13-40-30/h4-10,16,18-19,24,28H,11-15,17,20-21H2,1-3H3/t24-,28+/m1/s1. The normalized spacial score (nSPS) is 18.6. The van der Waals surface area contributed by atoms with Crippen molar-refractivity contribution in [2.24, 2.45) is 13.0 Å². The number of aryl methyl sites for hydroxylation is 1. The maximum Gasteiger partial charge on any atom is 0.161 e. The average molecular weight is 556 g/mol. The van der Waals surface area contributed by atoms with Crippen LogP contribution in [0.4, 0.5) is 0 Å². The van der Waals surface area contributed by atoms with Crippen LogP contribution in [0.1, 0.15) is 29.2 Å². The van der Waals surface area contributed by atoms with Crippen LogP contribution in [0.2, 0.25) is 0 Å². The summed E-state index contributed by atoms with van der Waals surface area (Å²) in [6.07, 6.45) is 4.59. The molecule has 2 aliphatic heterocycles. The highest BCUT2D eigenvalue weighted by atomic mass is 16.6. The van der Waals surface area contributed by atoms with Gasteiger partial charge in [-0.2, -0.15) is 10.2 Å². The van der Waals surface area contributed by atoms with Crippen LogP contribution in [0.5, 0.6) is 11.5 Å². The highest BCUT2D eigenvalue weighted by molar-refractivity contribution is 5.82. The minimum absolute atomic E-state index is 0.188. The summed E-state index contributed by atoms with van der Waals surface area (Å²) >= 11 is 0. The molecule has 1 saturated heterocycles. The van der Waals surface area contributed by atoms with Crippen LogP contribution >= 0.6 is 0 Å². The van der Waals surface area contributed by atoms with Crippen molar-refractivity contribution in [3.05, 3.63) is 77.7 Å². The third-order valence-corrected chi connectivity index (χ3v) is 8.20. The number of aromatic nitrogens is 4. The molecule has 2 aromatic carbocycles. The maximum absolute atomic E-state index is 13.8. The van der Waals surface area contributed by atoms with E-state index in [0.717, 1.165) is 59.3 Å². The second kappa shape index (κ2) is 11.9. The summed E-state index contributed by atoms with van der Waals surface area (Å²) in [5, 5.41) is 9.30. The zero-order valence-electron chi connectivity index (χ0n) is 24.0. The Hall–Kier alpha value is -3.95. The molecule has 0 amide bonds. The van der Waals surface area contributed by atoms with Gasteiger partial charge in [0.2, 0.25) is 0 Å². The van der Waals surface area contributed by atoms with Gasteiger partial charge in [-0.1, -0.05) is 24.3 Å². The number of benzene rings is 2. The number of carbonyl (C=O) groups is 1. The number of hydrogen-bond acceptors (Lipinski definition) is 7. The number of methoxy groups -OCH3 is 1. The molecule has 0 aliphatic carbocycles. The van der Waals surface area contributed by atoms with E-state index in [9.17, 15) is 4.79 Å². The fourth-order valence-electron chi connectivity index (χ4n) is 6.13. The summed E-state index contributed by atoms with van der Waals surface area (Å²) < 4.78 is 20.7. The first-order valence-electron chi connectivity index (χ1n) is 14.3. The van der Waals surface area contributed by atoms with Gasteiger partial charge in [-0.3, -0.25) is 9.48 Å². The number of Topliss-reactive ketones (excluding diaryl/α,β-unsaturated/α-hetero) is 1. The van der Waals surface area contributed by atoms with E-state index in [1.165, 1.54) is 5.56 Å². The number of ether oxygens (including phenoxy) is 3. The van der Waals surface area contributed by atoms with Crippen molar-refractivity contribution >= 4 is 5.78 Å². The van der Waals surface area contributed by atoms with Crippen LogP contribution in [0.25, 0.3) is 16.9 Å². The van der Waals surface area contributed by atoms with E-state index in [1.54, 1.807) is 11.8 Å². The third-order valence-electron chi connectivity index (χ3n) is 8.20. The lowest BCUT2D eigenvalue weighted by molar-refractivity contribution is -0.119. The van der Waals surface area contributed by atoms with Crippen molar-refractivity contribution < 1.29 is 19.0 Å². The molecular weight excluding hydrogens is 518 g/mol. The van der Waals surface area contributed by atoms with E-state index in [-0.39, 0.29) is 17.6 Å². The summed E-state index contributed by atoms with van der Waals surface area (Å²) in [4.78, 5) is 16.2. The number of fused-ring (bicyclic) bond motifs is 1. The van der Waals surface area contributed by atoms with Crippen LogP contribution in [0, 0.1) is 12.8 Å². The molecule has 0 unspecified atom stereocenters. The number of likely N-dealkylation sites (tertiary alicyclic amines) is 1. The van der Waals surface area contributed by atoms with Gasteiger partial charge in [0.1, 0.15) is 19.0 Å². The first-order valence-corrected chi connectivity index (χ1v) is 14.3. The van der Waals surface area contributed by atoms with Crippen LogP contribution in [-0.2, 0) is 23.0 Å². The number of carbonyl (C=O) groups excluding carboxylic acids is 1. The quantitative estimate of drug-likeness (QED) is 0.290. The van der Waals surface area contributed by atoms with Gasteiger partial charge in [0.25, 0.3) is 0 Å². The maximum atomic E-state index is 13.8. The molecule has 2 aliphatic rings. The largest absolute Gasteiger partial charge is 0.486 e. The van der Waals surface area contributed by atoms with Gasteiger partial charge >= 0.3 is 0 Å². The van der Waals surface area contributed by atoms with Crippen molar-refractivity contribution in [3.63, 3.8) is 0 Å². The van der Waals surface area contributed by atoms with E-state index in [1.807, 2.05) is 60.5 Å². The van der Waals surface area contributed by atoms with Crippen molar-refractivity contribution in [2.45, 2.75) is 25.7 Å². The molecule has 4 heterocycles. The predicted octanol–water partition coefficient (Wildman–Crippen LogP) is 4.22. The SMILES string of the molecule is COCCN1C[C@@H](CC(=O)Cc2c(C)c(-c3cnn(C)c3)nn2-c2ccccc2)[C@H](c2ccc3c(c2)OCCO3)C1. The highest BCUT2D eigenvalue weighted by Gasteiger charge is 2.36. The van der Waals surface area contributed by atoms with Gasteiger partial charge in [0, 0.05) is 64.3 Å². The zero-order chi connectivity index (χ0) is 28.3. The van der Waals surface area contributed by atoms with Crippen LogP contribution < -0.4 is 9.47 Å². The molecule has 0 bridgehead atoms. The lowest BCUT2D eigenvalue weighted by Gasteiger charge is -2.23. The summed E-state index contributed by atoms with van der Waals surface area (Å²) in [7, 11) is 3.63. The van der Waals surface area contributed by atoms with Crippen LogP contribution in [0.15, 0.2) is 60.9 Å². The van der Waals surface area contributed by atoms with Crippen LogP contribution in [0.3, 0.4) is 0 Å². The monoisotopic (exact) mass is 555 g/mol. The Labute approximate surface area is 240 Å². The zero-order valence-corrected chi connectivity index (χ0v) is 24.0. The molecule has 0 N–H and O–H groups in total. The number of para-hydroxylation sites is 1. The smallest absolute Gasteiger partial charge is 0.161 e. The Bertz CT molecular complexity index is 1510. The number of rotatable bonds is 10. The van der Waals surface area contributed by atoms with Gasteiger partial charge in [0.15, 0.2) is 11.5 Å². The van der Waals surface area contributed by atoms with Gasteiger partial charge in [-0.05, 0) is 48.2 Å². The molecule has 9 nitrogen and oxygen atoms in total. The highest BCUT2D eigenvalue weighted by Crippen LogP contribution is 2.40. The molecular formula is C32H37N5O4. The molecule has 0 radical (unpaired) electrons. The van der Waals surface area contributed by atoms with E-state index in [2.05, 4.69) is 29.1 Å². The summed E-state index contributed by atoms with van der Waals surface area (Å²) in [6, 6.07) is 16.3. The second-order valence-corrected chi connectivity index (χ2v) is 11.0. The molecule has 2 atom stereocenters. The Morgan fingerprint density at radius 2 is 1.88 bits per heavy atom. The predicted molar refractivity (Wildman–Crippen MR) is 156 cm³/mol. The summed E-state index contributed by atoms with van der Waals surface area (Å²) in [5.41, 5.74) is 5.85. The van der Waals surface area contributed by atoms with Crippen LogP contribution in [-0.4, -0.2) is 76.8 Å². The molecule has 0 spiro atoms. The molecule has 2 aromatic heterocycles. The minimum Gasteiger partial charge on any atom is -0.486 e. The van der Waals surface area contributed by atoms with Crippen molar-refractivity contribution in [1.82, 2.24) is 24.5 Å². The van der Waals surface area contributed by atoms with Gasteiger partial charge in [0.05, 0.1) is 29.9 Å². The average Bonchev–Trinajstić information content (AvgIpc) is 3.69. The number of nitrogens with zero attached hydrogens (tertiary/aromatic N) is 5. The van der Waals surface area contributed by atoms with E-state index < -0.39 is 0 Å². The lowest BCUT2D eigenvalue weighted by Crippen LogP contribution is -2.25. The fourth-order valence-corrected chi connectivity index (χ4v) is 6.13. The van der Waals surface area contributed by atoms with Crippen molar-refractivity contribution in [1.29, 1.82) is 0 Å². The van der Waals surface area contributed by atoms with E-state index in [4.69, 9.17) is 19.3 Å². The molecule has 4 aromatic rings. The molecule has 41 heavy (non-hydrogen) atoms. The van der Waals surface area contributed by atoms with Crippen molar-refractivity contribution in [2.75, 3.05) is 46.6 Å².